The predicted molar refractivity (Wildman–Crippen MR) is 187 cm³/mol. The van der Waals surface area contributed by atoms with E-state index in [1.807, 2.05) is 11.0 Å². The number of nitrogens with zero attached hydrogens (tertiary/aromatic N) is 6. The Bertz CT molecular complexity index is 2350. The first-order valence-electron chi connectivity index (χ1n) is 16.9. The molecular weight excluding hydrogens is 723 g/mol. The van der Waals surface area contributed by atoms with E-state index in [2.05, 4.69) is 15.0 Å². The van der Waals surface area contributed by atoms with E-state index in [1.54, 1.807) is 30.9 Å². The summed E-state index contributed by atoms with van der Waals surface area (Å²) in [6, 6.07) is 6.07. The highest BCUT2D eigenvalue weighted by Gasteiger charge is 2.50. The molecule has 2 fully saturated rings. The van der Waals surface area contributed by atoms with Crippen molar-refractivity contribution in [2.45, 2.75) is 63.1 Å². The second kappa shape index (κ2) is 12.5. The van der Waals surface area contributed by atoms with Crippen LogP contribution in [0.15, 0.2) is 30.5 Å². The Balaban J connectivity index is 1.43. The van der Waals surface area contributed by atoms with Gasteiger partial charge in [0.25, 0.3) is 0 Å². The Hall–Kier alpha value is -5.08. The van der Waals surface area contributed by atoms with Crippen LogP contribution in [0.25, 0.3) is 32.1 Å². The highest BCUT2D eigenvalue weighted by atomic mass is 32.1. The number of ether oxygens (including phenoxy) is 2. The van der Waals surface area contributed by atoms with Gasteiger partial charge in [0.2, 0.25) is 0 Å². The molecule has 0 amide bonds. The van der Waals surface area contributed by atoms with Crippen LogP contribution >= 0.6 is 11.3 Å². The quantitative estimate of drug-likeness (QED) is 0.167. The van der Waals surface area contributed by atoms with Crippen molar-refractivity contribution in [1.82, 2.24) is 19.9 Å². The molecule has 0 spiro atoms. The maximum Gasteiger partial charge on any atom is 0.420 e. The second-order valence-electron chi connectivity index (χ2n) is 13.8. The number of aromatic nitrogens is 3. The summed E-state index contributed by atoms with van der Waals surface area (Å²) < 4.78 is 106. The summed E-state index contributed by atoms with van der Waals surface area (Å²) in [5.74, 6) is -2.97. The fourth-order valence-corrected chi connectivity index (χ4v) is 9.18. The molecular formula is C36H32F6N8O2S. The van der Waals surface area contributed by atoms with Crippen LogP contribution < -0.4 is 25.8 Å². The number of hydrogen-bond donors (Lipinski definition) is 2. The molecule has 4 N–H and O–H groups in total. The Morgan fingerprint density at radius 2 is 1.96 bits per heavy atom. The van der Waals surface area contributed by atoms with Gasteiger partial charge in [0, 0.05) is 35.7 Å². The number of benzene rings is 2. The minimum atomic E-state index is -5.24. The third-order valence-electron chi connectivity index (χ3n) is 10.5. The van der Waals surface area contributed by atoms with Crippen molar-refractivity contribution in [1.29, 1.82) is 5.26 Å². The molecule has 4 atom stereocenters. The number of nitriles is 1. The number of alkyl halides is 4. The second-order valence-corrected chi connectivity index (χ2v) is 14.8. The average Bonchev–Trinajstić information content (AvgIpc) is 3.72. The van der Waals surface area contributed by atoms with Crippen LogP contribution in [-0.2, 0) is 6.18 Å². The standard InChI is InChI=1S/C36H32F6N8O2S/c1-16-13-50(17(2)19-5-3-9-46-31(19)44)33-25-28(47-34(48-33)51-15-35-8-4-10-49(35)14-18(37)11-35)27(39)24(26(29(25)52-16)36(40,41)42)20-6-7-22(38)30-23(20)21(12-43)32(45)53-30/h3,5-7,9,16-18H,4,8,10-11,13-15,45H2,1-2H3,(H2,44,46)/t16-,17+,18+,35-/m0/s1. The molecule has 0 unspecified atom stereocenters. The zero-order valence-electron chi connectivity index (χ0n) is 28.4. The fraction of sp³-hybridized carbons (Fsp3) is 0.389. The van der Waals surface area contributed by atoms with Gasteiger partial charge >= 0.3 is 12.2 Å². The zero-order valence-corrected chi connectivity index (χ0v) is 29.2. The summed E-state index contributed by atoms with van der Waals surface area (Å²) >= 11 is 0.667. The number of anilines is 3. The Kier molecular flexibility index (Phi) is 8.26. The van der Waals surface area contributed by atoms with Crippen molar-refractivity contribution in [3.63, 3.8) is 0 Å². The molecule has 0 radical (unpaired) electrons. The molecule has 0 bridgehead atoms. The number of fused-ring (bicyclic) bond motifs is 2. The summed E-state index contributed by atoms with van der Waals surface area (Å²) in [6.45, 7) is 4.15. The van der Waals surface area contributed by atoms with E-state index < -0.39 is 69.6 Å². The number of hydrogen-bond acceptors (Lipinski definition) is 11. The molecule has 53 heavy (non-hydrogen) atoms. The molecule has 6 heterocycles. The number of pyridine rings is 1. The molecule has 2 saturated heterocycles. The molecule has 5 aromatic rings. The molecule has 10 nitrogen and oxygen atoms in total. The van der Waals surface area contributed by atoms with Crippen molar-refractivity contribution < 1.29 is 35.8 Å². The van der Waals surface area contributed by atoms with Crippen molar-refractivity contribution in [3.05, 3.63) is 58.8 Å². The lowest BCUT2D eigenvalue weighted by molar-refractivity contribution is -0.138. The normalized spacial score (nSPS) is 22.1. The molecule has 3 aliphatic heterocycles. The van der Waals surface area contributed by atoms with Crippen molar-refractivity contribution >= 4 is 49.0 Å². The van der Waals surface area contributed by atoms with E-state index in [4.69, 9.17) is 20.9 Å². The topological polar surface area (TPSA) is 139 Å². The van der Waals surface area contributed by atoms with Gasteiger partial charge < -0.3 is 25.8 Å². The minimum absolute atomic E-state index is 0.0360. The lowest BCUT2D eigenvalue weighted by Crippen LogP contribution is -2.43. The molecule has 0 saturated carbocycles. The third kappa shape index (κ3) is 5.52. The van der Waals surface area contributed by atoms with Gasteiger partial charge in [0.05, 0.1) is 33.8 Å². The Labute approximate surface area is 302 Å². The largest absolute Gasteiger partial charge is 0.487 e. The Morgan fingerprint density at radius 3 is 2.70 bits per heavy atom. The van der Waals surface area contributed by atoms with Crippen LogP contribution in [0.2, 0.25) is 0 Å². The minimum Gasteiger partial charge on any atom is -0.487 e. The lowest BCUT2D eigenvalue weighted by Gasteiger charge is -2.32. The molecule has 0 aliphatic carbocycles. The van der Waals surface area contributed by atoms with E-state index >= 15 is 22.0 Å². The maximum atomic E-state index is 17.5. The van der Waals surface area contributed by atoms with Crippen LogP contribution in [0.4, 0.5) is 43.0 Å². The highest BCUT2D eigenvalue weighted by Crippen LogP contribution is 2.54. The number of halogens is 6. The third-order valence-corrected chi connectivity index (χ3v) is 11.6. The van der Waals surface area contributed by atoms with Crippen LogP contribution in [0.3, 0.4) is 0 Å². The summed E-state index contributed by atoms with van der Waals surface area (Å²) in [6.07, 6.45) is -4.08. The first-order valence-corrected chi connectivity index (χ1v) is 17.7. The van der Waals surface area contributed by atoms with Crippen LogP contribution in [-0.4, -0.2) is 63.9 Å². The molecule has 276 valence electrons. The molecule has 8 rings (SSSR count). The van der Waals surface area contributed by atoms with Crippen molar-refractivity contribution in [3.8, 4) is 29.0 Å². The molecule has 2 aromatic carbocycles. The molecule has 3 aliphatic rings. The first kappa shape index (κ1) is 35.0. The number of nitrogens with two attached hydrogens (primary N) is 2. The van der Waals surface area contributed by atoms with Gasteiger partial charge in [-0.15, -0.1) is 11.3 Å². The smallest absolute Gasteiger partial charge is 0.420 e. The van der Waals surface area contributed by atoms with E-state index in [0.717, 1.165) is 18.6 Å². The van der Waals surface area contributed by atoms with E-state index in [0.29, 0.717) is 29.9 Å². The average molecular weight is 755 g/mol. The van der Waals surface area contributed by atoms with Crippen molar-refractivity contribution in [2.24, 2.45) is 0 Å². The Morgan fingerprint density at radius 1 is 1.17 bits per heavy atom. The summed E-state index contributed by atoms with van der Waals surface area (Å²) in [7, 11) is 0. The van der Waals surface area contributed by atoms with Gasteiger partial charge in [-0.25, -0.2) is 18.2 Å². The summed E-state index contributed by atoms with van der Waals surface area (Å²) in [5.41, 5.74) is 8.35. The number of nitrogen functional groups attached to an aromatic ring is 2. The van der Waals surface area contributed by atoms with Gasteiger partial charge in [0.15, 0.2) is 5.82 Å². The summed E-state index contributed by atoms with van der Waals surface area (Å²) in [4.78, 5) is 16.8. The van der Waals surface area contributed by atoms with Crippen LogP contribution in [0.1, 0.15) is 55.8 Å². The van der Waals surface area contributed by atoms with Gasteiger partial charge in [-0.3, -0.25) is 4.90 Å². The molecule has 3 aromatic heterocycles. The number of rotatable bonds is 6. The van der Waals surface area contributed by atoms with Crippen LogP contribution in [0, 0.1) is 23.0 Å². The first-order chi connectivity index (χ1) is 25.2. The van der Waals surface area contributed by atoms with Gasteiger partial charge in [0.1, 0.15) is 64.2 Å². The highest BCUT2D eigenvalue weighted by molar-refractivity contribution is 7.23. The van der Waals surface area contributed by atoms with Crippen molar-refractivity contribution in [2.75, 3.05) is 42.6 Å². The van der Waals surface area contributed by atoms with Gasteiger partial charge in [-0.2, -0.15) is 28.4 Å². The SMILES string of the molecule is C[C@H](c1cccnc1N)N1C[C@H](C)Oc2c(C(F)(F)F)c(-c3ccc(F)c4sc(N)c(C#N)c34)c(F)c3nc(OC[C@@]45CCCN4C[C@H](F)C5)nc1c23. The van der Waals surface area contributed by atoms with E-state index in [1.165, 1.54) is 6.20 Å². The lowest BCUT2D eigenvalue weighted by atomic mass is 9.91. The monoisotopic (exact) mass is 754 g/mol. The zero-order chi connectivity index (χ0) is 37.6. The summed E-state index contributed by atoms with van der Waals surface area (Å²) in [5, 5.41) is 9.15. The van der Waals surface area contributed by atoms with Gasteiger partial charge in [-0.1, -0.05) is 12.1 Å². The predicted octanol–water partition coefficient (Wildman–Crippen LogP) is 7.54. The van der Waals surface area contributed by atoms with E-state index in [9.17, 15) is 9.65 Å². The number of thiophene rings is 1. The molecule has 17 heteroatoms. The fourth-order valence-electron chi connectivity index (χ4n) is 8.23. The maximum absolute atomic E-state index is 17.5. The van der Waals surface area contributed by atoms with E-state index in [-0.39, 0.29) is 69.8 Å². The van der Waals surface area contributed by atoms with Crippen LogP contribution in [0.5, 0.6) is 11.8 Å². The van der Waals surface area contributed by atoms with Gasteiger partial charge in [-0.05, 0) is 50.9 Å².